The molecule has 0 atom stereocenters. The molecule has 1 N–H and O–H groups in total. The number of rotatable bonds is 6. The molecule has 5 nitrogen and oxygen atoms in total. The van der Waals surface area contributed by atoms with Crippen LogP contribution in [0, 0.1) is 11.3 Å². The highest BCUT2D eigenvalue weighted by Gasteiger charge is 2.15. The van der Waals surface area contributed by atoms with Crippen molar-refractivity contribution < 1.29 is 4.79 Å². The molecule has 2 heterocycles. The van der Waals surface area contributed by atoms with E-state index in [4.69, 9.17) is 5.10 Å². The average molecular weight is 411 g/mol. The van der Waals surface area contributed by atoms with Crippen molar-refractivity contribution in [3.63, 3.8) is 0 Å². The summed E-state index contributed by atoms with van der Waals surface area (Å²) in [6, 6.07) is 25.3. The van der Waals surface area contributed by atoms with Crippen LogP contribution in [0.5, 0.6) is 0 Å². The van der Waals surface area contributed by atoms with E-state index < -0.39 is 5.91 Å². The van der Waals surface area contributed by atoms with Crippen LogP contribution < -0.4 is 5.32 Å². The Morgan fingerprint density at radius 3 is 2.47 bits per heavy atom. The van der Waals surface area contributed by atoms with E-state index in [1.54, 1.807) is 22.1 Å². The van der Waals surface area contributed by atoms with E-state index in [2.05, 4.69) is 5.32 Å². The lowest BCUT2D eigenvalue weighted by atomic mass is 10.1. The maximum absolute atomic E-state index is 12.6. The molecule has 146 valence electrons. The number of hydrogen-bond donors (Lipinski definition) is 1. The highest BCUT2D eigenvalue weighted by Crippen LogP contribution is 2.29. The number of hydrogen-bond acceptors (Lipinski definition) is 4. The Morgan fingerprint density at radius 2 is 1.80 bits per heavy atom. The van der Waals surface area contributed by atoms with Crippen molar-refractivity contribution in [3.05, 3.63) is 101 Å². The number of benzene rings is 2. The van der Waals surface area contributed by atoms with Crippen LogP contribution in [0.3, 0.4) is 0 Å². The van der Waals surface area contributed by atoms with Gasteiger partial charge in [0.25, 0.3) is 5.91 Å². The predicted octanol–water partition coefficient (Wildman–Crippen LogP) is 4.82. The van der Waals surface area contributed by atoms with Gasteiger partial charge in [0.05, 0.1) is 10.6 Å². The molecular formula is C24H18N4OS. The molecular weight excluding hydrogens is 392 g/mol. The molecule has 4 rings (SSSR count). The number of amides is 1. The van der Waals surface area contributed by atoms with Crippen molar-refractivity contribution >= 4 is 23.3 Å². The molecule has 0 saturated heterocycles. The maximum atomic E-state index is 12.6. The summed E-state index contributed by atoms with van der Waals surface area (Å²) in [5, 5.41) is 19.1. The largest absolute Gasteiger partial charge is 0.347 e. The van der Waals surface area contributed by atoms with Crippen LogP contribution in [0.15, 0.2) is 89.9 Å². The van der Waals surface area contributed by atoms with Crippen LogP contribution >= 0.6 is 11.3 Å². The standard InChI is InChI=1S/C24H18N4OS/c25-15-19(24(29)26-16-18-8-3-1-4-9-18)14-20-17-28(21-10-5-2-6-11-21)27-23(20)22-12-7-13-30-22/h1-14,17H,16H2,(H,26,29). The fourth-order valence-electron chi connectivity index (χ4n) is 2.99. The van der Waals surface area contributed by atoms with E-state index in [9.17, 15) is 10.1 Å². The Labute approximate surface area is 178 Å². The SMILES string of the molecule is N#CC(=Cc1cn(-c2ccccc2)nc1-c1cccs1)C(=O)NCc1ccccc1. The number of nitrogens with zero attached hydrogens (tertiary/aromatic N) is 3. The molecule has 1 amide bonds. The molecule has 0 saturated carbocycles. The van der Waals surface area contributed by atoms with Crippen LogP contribution in [-0.4, -0.2) is 15.7 Å². The minimum atomic E-state index is -0.411. The second-order valence-corrected chi connectivity index (χ2v) is 7.48. The third kappa shape index (κ3) is 4.37. The number of carbonyl (C=O) groups is 1. The molecule has 0 spiro atoms. The topological polar surface area (TPSA) is 70.7 Å². The smallest absolute Gasteiger partial charge is 0.262 e. The Bertz CT molecular complexity index is 1200. The monoisotopic (exact) mass is 410 g/mol. The van der Waals surface area contributed by atoms with Crippen molar-refractivity contribution in [2.24, 2.45) is 0 Å². The van der Waals surface area contributed by atoms with Crippen molar-refractivity contribution in [1.82, 2.24) is 15.1 Å². The van der Waals surface area contributed by atoms with Crippen LogP contribution in [0.4, 0.5) is 0 Å². The lowest BCUT2D eigenvalue weighted by molar-refractivity contribution is -0.117. The normalized spacial score (nSPS) is 11.1. The van der Waals surface area contributed by atoms with Gasteiger partial charge in [0, 0.05) is 18.3 Å². The Balaban J connectivity index is 1.65. The molecule has 6 heteroatoms. The van der Waals surface area contributed by atoms with E-state index in [1.165, 1.54) is 0 Å². The highest BCUT2D eigenvalue weighted by atomic mass is 32.1. The first-order valence-corrected chi connectivity index (χ1v) is 10.3. The van der Waals surface area contributed by atoms with Crippen molar-refractivity contribution in [2.75, 3.05) is 0 Å². The zero-order chi connectivity index (χ0) is 20.8. The van der Waals surface area contributed by atoms with Crippen LogP contribution in [-0.2, 0) is 11.3 Å². The maximum Gasteiger partial charge on any atom is 0.262 e. The van der Waals surface area contributed by atoms with Gasteiger partial charge < -0.3 is 5.32 Å². The number of para-hydroxylation sites is 1. The second kappa shape index (κ2) is 9.03. The van der Waals surface area contributed by atoms with Gasteiger partial charge in [0.1, 0.15) is 17.3 Å². The van der Waals surface area contributed by atoms with Crippen LogP contribution in [0.1, 0.15) is 11.1 Å². The lowest BCUT2D eigenvalue weighted by Crippen LogP contribution is -2.23. The van der Waals surface area contributed by atoms with Gasteiger partial charge >= 0.3 is 0 Å². The molecule has 2 aromatic carbocycles. The third-order valence-electron chi connectivity index (χ3n) is 4.48. The first-order valence-electron chi connectivity index (χ1n) is 9.37. The summed E-state index contributed by atoms with van der Waals surface area (Å²) in [5.41, 5.74) is 3.36. The van der Waals surface area contributed by atoms with Gasteiger partial charge in [-0.2, -0.15) is 10.4 Å². The average Bonchev–Trinajstić information content (AvgIpc) is 3.47. The Kier molecular flexibility index (Phi) is 5.83. The third-order valence-corrected chi connectivity index (χ3v) is 5.36. The Morgan fingerprint density at radius 1 is 1.07 bits per heavy atom. The van der Waals surface area contributed by atoms with Crippen molar-refractivity contribution in [1.29, 1.82) is 5.26 Å². The molecule has 0 radical (unpaired) electrons. The van der Waals surface area contributed by atoms with Gasteiger partial charge in [-0.05, 0) is 35.2 Å². The van der Waals surface area contributed by atoms with Gasteiger partial charge in [-0.15, -0.1) is 11.3 Å². The summed E-state index contributed by atoms with van der Waals surface area (Å²) in [4.78, 5) is 13.6. The van der Waals surface area contributed by atoms with E-state index >= 15 is 0 Å². The van der Waals surface area contributed by atoms with Crippen molar-refractivity contribution in [2.45, 2.75) is 6.54 Å². The highest BCUT2D eigenvalue weighted by molar-refractivity contribution is 7.13. The van der Waals surface area contributed by atoms with E-state index in [0.29, 0.717) is 12.1 Å². The van der Waals surface area contributed by atoms with Gasteiger partial charge in [-0.25, -0.2) is 4.68 Å². The quantitative estimate of drug-likeness (QED) is 0.366. The van der Waals surface area contributed by atoms with Gasteiger partial charge in [-0.3, -0.25) is 4.79 Å². The van der Waals surface area contributed by atoms with E-state index in [-0.39, 0.29) is 5.57 Å². The lowest BCUT2D eigenvalue weighted by Gasteiger charge is -2.04. The summed E-state index contributed by atoms with van der Waals surface area (Å²) >= 11 is 1.56. The molecule has 30 heavy (non-hydrogen) atoms. The Hall–Kier alpha value is -3.95. The molecule has 4 aromatic rings. The fraction of sp³-hybridized carbons (Fsp3) is 0.0417. The fourth-order valence-corrected chi connectivity index (χ4v) is 3.72. The first kappa shape index (κ1) is 19.4. The predicted molar refractivity (Wildman–Crippen MR) is 119 cm³/mol. The zero-order valence-electron chi connectivity index (χ0n) is 16.0. The second-order valence-electron chi connectivity index (χ2n) is 6.53. The minimum absolute atomic E-state index is 0.0383. The molecule has 0 aliphatic rings. The molecule has 0 fully saturated rings. The van der Waals surface area contributed by atoms with Gasteiger partial charge in [-0.1, -0.05) is 54.6 Å². The number of nitrogens with one attached hydrogen (secondary N) is 1. The first-order chi connectivity index (χ1) is 14.7. The van der Waals surface area contributed by atoms with E-state index in [1.807, 2.05) is 90.4 Å². The van der Waals surface area contributed by atoms with Crippen molar-refractivity contribution in [3.8, 4) is 22.3 Å². The van der Waals surface area contributed by atoms with Gasteiger partial charge in [0.2, 0.25) is 0 Å². The van der Waals surface area contributed by atoms with E-state index in [0.717, 1.165) is 21.8 Å². The molecule has 0 aliphatic heterocycles. The summed E-state index contributed by atoms with van der Waals surface area (Å²) in [6.07, 6.45) is 3.44. The number of thiophene rings is 1. The number of carbonyl (C=O) groups excluding carboxylic acids is 1. The van der Waals surface area contributed by atoms with Crippen LogP contribution in [0.2, 0.25) is 0 Å². The molecule has 2 aromatic heterocycles. The van der Waals surface area contributed by atoms with Gasteiger partial charge in [0.15, 0.2) is 0 Å². The minimum Gasteiger partial charge on any atom is -0.347 e. The molecule has 0 aliphatic carbocycles. The summed E-state index contributed by atoms with van der Waals surface area (Å²) in [6.45, 7) is 0.361. The number of aromatic nitrogens is 2. The number of nitriles is 1. The molecule has 0 bridgehead atoms. The summed E-state index contributed by atoms with van der Waals surface area (Å²) in [5.74, 6) is -0.411. The molecule has 0 unspecified atom stereocenters. The summed E-state index contributed by atoms with van der Waals surface area (Å²) in [7, 11) is 0. The zero-order valence-corrected chi connectivity index (χ0v) is 16.8. The summed E-state index contributed by atoms with van der Waals surface area (Å²) < 4.78 is 1.76. The van der Waals surface area contributed by atoms with Crippen LogP contribution in [0.25, 0.3) is 22.3 Å².